The van der Waals surface area contributed by atoms with E-state index in [1.54, 1.807) is 0 Å². The fraction of sp³-hybridized carbons (Fsp3) is 0.500. The molecule has 1 amide bonds. The van der Waals surface area contributed by atoms with Crippen molar-refractivity contribution in [3.05, 3.63) is 35.4 Å². The summed E-state index contributed by atoms with van der Waals surface area (Å²) in [5, 5.41) is 11.6. The molecule has 0 aliphatic carbocycles. The van der Waals surface area contributed by atoms with Crippen molar-refractivity contribution in [1.29, 1.82) is 0 Å². The topological polar surface area (TPSA) is 69.6 Å². The first-order valence-electron chi connectivity index (χ1n) is 7.34. The number of aliphatic carboxylic acids is 1. The van der Waals surface area contributed by atoms with Gasteiger partial charge in [-0.05, 0) is 37.8 Å². The van der Waals surface area contributed by atoms with Gasteiger partial charge in [-0.2, -0.15) is 0 Å². The van der Waals surface area contributed by atoms with Crippen LogP contribution in [0.1, 0.15) is 28.8 Å². The molecule has 1 unspecified atom stereocenters. The molecule has 2 rings (SSSR count). The van der Waals surface area contributed by atoms with E-state index in [0.29, 0.717) is 19.0 Å². The predicted molar refractivity (Wildman–Crippen MR) is 80.3 cm³/mol. The molecule has 0 aromatic heterocycles. The normalized spacial score (nSPS) is 18.5. The molecule has 1 heterocycles. The number of likely N-dealkylation sites (tertiary alicyclic amines) is 1. The lowest BCUT2D eigenvalue weighted by Crippen LogP contribution is -2.43. The van der Waals surface area contributed by atoms with Crippen LogP contribution in [0, 0.1) is 12.8 Å². The summed E-state index contributed by atoms with van der Waals surface area (Å²) in [4.78, 5) is 24.9. The lowest BCUT2D eigenvalue weighted by Gasteiger charge is -2.33. The van der Waals surface area contributed by atoms with Crippen molar-refractivity contribution in [3.8, 4) is 0 Å². The number of aryl methyl sites for hydroxylation is 1. The molecule has 1 saturated heterocycles. The first-order valence-corrected chi connectivity index (χ1v) is 7.34. The fourth-order valence-corrected chi connectivity index (χ4v) is 2.76. The van der Waals surface area contributed by atoms with E-state index in [9.17, 15) is 9.59 Å². The Morgan fingerprint density at radius 3 is 2.95 bits per heavy atom. The molecule has 1 aromatic carbocycles. The van der Waals surface area contributed by atoms with E-state index in [-0.39, 0.29) is 12.5 Å². The number of benzene rings is 1. The van der Waals surface area contributed by atoms with E-state index in [4.69, 9.17) is 5.11 Å². The maximum atomic E-state index is 12.5. The van der Waals surface area contributed by atoms with E-state index in [1.165, 1.54) is 0 Å². The number of carbonyl (C=O) groups excluding carboxylic acids is 1. The first-order chi connectivity index (χ1) is 10.1. The second-order valence-corrected chi connectivity index (χ2v) is 5.65. The molecule has 5 heteroatoms. The van der Waals surface area contributed by atoms with Gasteiger partial charge in [-0.1, -0.05) is 17.7 Å². The van der Waals surface area contributed by atoms with Gasteiger partial charge >= 0.3 is 5.97 Å². The minimum Gasteiger partial charge on any atom is -0.480 e. The summed E-state index contributed by atoms with van der Waals surface area (Å²) in [5.41, 5.74) is 1.81. The van der Waals surface area contributed by atoms with Crippen LogP contribution in [-0.2, 0) is 4.79 Å². The summed E-state index contributed by atoms with van der Waals surface area (Å²) in [5.74, 6) is -0.452. The Kier molecular flexibility index (Phi) is 5.33. The lowest BCUT2D eigenvalue weighted by atomic mass is 9.97. The molecule has 0 spiro atoms. The predicted octanol–water partition coefficient (Wildman–Crippen LogP) is 1.52. The van der Waals surface area contributed by atoms with E-state index in [0.717, 1.165) is 30.5 Å². The van der Waals surface area contributed by atoms with Crippen molar-refractivity contribution >= 4 is 11.9 Å². The van der Waals surface area contributed by atoms with Gasteiger partial charge in [0.25, 0.3) is 5.91 Å². The van der Waals surface area contributed by atoms with Gasteiger partial charge in [0.15, 0.2) is 0 Å². The zero-order valence-corrected chi connectivity index (χ0v) is 12.3. The fourth-order valence-electron chi connectivity index (χ4n) is 2.76. The number of nitrogens with zero attached hydrogens (tertiary/aromatic N) is 1. The molecule has 5 nitrogen and oxygen atoms in total. The van der Waals surface area contributed by atoms with E-state index in [1.807, 2.05) is 36.1 Å². The number of carboxylic acid groups (broad SMARTS) is 1. The second kappa shape index (κ2) is 7.22. The van der Waals surface area contributed by atoms with E-state index >= 15 is 0 Å². The minimum atomic E-state index is -0.849. The summed E-state index contributed by atoms with van der Waals surface area (Å²) in [7, 11) is 0. The van der Waals surface area contributed by atoms with Crippen LogP contribution in [0.3, 0.4) is 0 Å². The van der Waals surface area contributed by atoms with Gasteiger partial charge in [0.1, 0.15) is 0 Å². The first kappa shape index (κ1) is 15.5. The third kappa shape index (κ3) is 4.56. The van der Waals surface area contributed by atoms with Gasteiger partial charge in [-0.25, -0.2) is 0 Å². The van der Waals surface area contributed by atoms with Gasteiger partial charge in [0.2, 0.25) is 0 Å². The summed E-state index contributed by atoms with van der Waals surface area (Å²) in [6.45, 7) is 4.07. The molecule has 1 aliphatic rings. The summed E-state index contributed by atoms with van der Waals surface area (Å²) < 4.78 is 0. The largest absolute Gasteiger partial charge is 0.480 e. The van der Waals surface area contributed by atoms with Crippen LogP contribution in [-0.4, -0.2) is 48.1 Å². The molecule has 1 aliphatic heterocycles. The molecular weight excluding hydrogens is 268 g/mol. The van der Waals surface area contributed by atoms with Crippen molar-refractivity contribution < 1.29 is 14.7 Å². The second-order valence-electron chi connectivity index (χ2n) is 5.65. The summed E-state index contributed by atoms with van der Waals surface area (Å²) in [6, 6.07) is 7.64. The monoisotopic (exact) mass is 290 g/mol. The third-order valence-corrected chi connectivity index (χ3v) is 3.78. The number of hydrogen-bond donors (Lipinski definition) is 2. The van der Waals surface area contributed by atoms with Gasteiger partial charge in [-0.15, -0.1) is 0 Å². The van der Waals surface area contributed by atoms with Crippen LogP contribution in [0.2, 0.25) is 0 Å². The Bertz CT molecular complexity index is 516. The highest BCUT2D eigenvalue weighted by Crippen LogP contribution is 2.18. The maximum absolute atomic E-state index is 12.5. The number of piperidine rings is 1. The molecule has 1 aromatic rings. The van der Waals surface area contributed by atoms with E-state index in [2.05, 4.69) is 5.32 Å². The Morgan fingerprint density at radius 1 is 1.43 bits per heavy atom. The third-order valence-electron chi connectivity index (χ3n) is 3.78. The van der Waals surface area contributed by atoms with Crippen LogP contribution in [0.4, 0.5) is 0 Å². The maximum Gasteiger partial charge on any atom is 0.317 e. The SMILES string of the molecule is Cc1cccc(C(=O)N2CCCC(CNCC(=O)O)C2)c1. The highest BCUT2D eigenvalue weighted by molar-refractivity contribution is 5.94. The van der Waals surface area contributed by atoms with Crippen molar-refractivity contribution in [2.75, 3.05) is 26.2 Å². The molecule has 0 saturated carbocycles. The number of carboxylic acids is 1. The van der Waals surface area contributed by atoms with Gasteiger partial charge in [0, 0.05) is 25.2 Å². The molecule has 0 radical (unpaired) electrons. The number of amides is 1. The number of rotatable bonds is 5. The zero-order valence-electron chi connectivity index (χ0n) is 12.3. The standard InChI is InChI=1S/C16H22N2O3/c1-12-4-2-6-14(8-12)16(21)18-7-3-5-13(11-18)9-17-10-15(19)20/h2,4,6,8,13,17H,3,5,7,9-11H2,1H3,(H,19,20). The number of carbonyl (C=O) groups is 2. The highest BCUT2D eigenvalue weighted by atomic mass is 16.4. The lowest BCUT2D eigenvalue weighted by molar-refractivity contribution is -0.136. The molecule has 21 heavy (non-hydrogen) atoms. The quantitative estimate of drug-likeness (QED) is 0.862. The number of nitrogens with one attached hydrogen (secondary N) is 1. The van der Waals surface area contributed by atoms with Crippen molar-refractivity contribution in [2.45, 2.75) is 19.8 Å². The van der Waals surface area contributed by atoms with Crippen LogP contribution in [0.15, 0.2) is 24.3 Å². The van der Waals surface area contributed by atoms with Crippen LogP contribution < -0.4 is 5.32 Å². The molecule has 114 valence electrons. The molecule has 0 bridgehead atoms. The summed E-state index contributed by atoms with van der Waals surface area (Å²) >= 11 is 0. The zero-order chi connectivity index (χ0) is 15.2. The van der Waals surface area contributed by atoms with Crippen LogP contribution in [0.5, 0.6) is 0 Å². The molecule has 1 atom stereocenters. The molecule has 2 N–H and O–H groups in total. The highest BCUT2D eigenvalue weighted by Gasteiger charge is 2.24. The Morgan fingerprint density at radius 2 is 2.24 bits per heavy atom. The van der Waals surface area contributed by atoms with Gasteiger partial charge in [-0.3, -0.25) is 9.59 Å². The summed E-state index contributed by atoms with van der Waals surface area (Å²) in [6.07, 6.45) is 2.00. The average Bonchev–Trinajstić information content (AvgIpc) is 2.46. The van der Waals surface area contributed by atoms with Crippen LogP contribution in [0.25, 0.3) is 0 Å². The smallest absolute Gasteiger partial charge is 0.317 e. The van der Waals surface area contributed by atoms with Crippen molar-refractivity contribution in [3.63, 3.8) is 0 Å². The van der Waals surface area contributed by atoms with Crippen LogP contribution >= 0.6 is 0 Å². The minimum absolute atomic E-state index is 0.0255. The van der Waals surface area contributed by atoms with Crippen molar-refractivity contribution in [2.24, 2.45) is 5.92 Å². The van der Waals surface area contributed by atoms with Crippen molar-refractivity contribution in [1.82, 2.24) is 10.2 Å². The number of hydrogen-bond acceptors (Lipinski definition) is 3. The van der Waals surface area contributed by atoms with Gasteiger partial charge < -0.3 is 15.3 Å². The Hall–Kier alpha value is -1.88. The average molecular weight is 290 g/mol. The Labute approximate surface area is 125 Å². The molecular formula is C16H22N2O3. The Balaban J connectivity index is 1.91. The van der Waals surface area contributed by atoms with Gasteiger partial charge in [0.05, 0.1) is 6.54 Å². The van der Waals surface area contributed by atoms with E-state index < -0.39 is 5.97 Å². The molecule has 1 fully saturated rings.